The van der Waals surface area contributed by atoms with E-state index in [2.05, 4.69) is 30.0 Å². The van der Waals surface area contributed by atoms with E-state index in [4.69, 9.17) is 0 Å². The van der Waals surface area contributed by atoms with Crippen LogP contribution in [0.15, 0.2) is 66.7 Å². The maximum absolute atomic E-state index is 12.4. The van der Waals surface area contributed by atoms with Crippen LogP contribution in [-0.2, 0) is 0 Å². The van der Waals surface area contributed by atoms with Crippen molar-refractivity contribution in [2.24, 2.45) is 0 Å². The van der Waals surface area contributed by atoms with Crippen molar-refractivity contribution in [2.45, 2.75) is 6.92 Å². The smallest absolute Gasteiger partial charge is 0.185 e. The molecule has 0 heterocycles. The minimum atomic E-state index is 0.0224. The fraction of sp³-hybridized carbons (Fsp3) is 0.136. The van der Waals surface area contributed by atoms with Crippen LogP contribution in [0, 0.1) is 6.92 Å². The Labute approximate surface area is 143 Å². The van der Waals surface area contributed by atoms with E-state index in [1.54, 1.807) is 6.08 Å². The van der Waals surface area contributed by atoms with Crippen LogP contribution < -0.4 is 4.90 Å². The van der Waals surface area contributed by atoms with Crippen LogP contribution in [0.25, 0.3) is 16.8 Å². The van der Waals surface area contributed by atoms with Crippen molar-refractivity contribution >= 4 is 28.3 Å². The van der Waals surface area contributed by atoms with Crippen molar-refractivity contribution < 1.29 is 4.79 Å². The summed E-state index contributed by atoms with van der Waals surface area (Å²) in [7, 11) is 4.02. The average Bonchev–Trinajstić information content (AvgIpc) is 2.59. The van der Waals surface area contributed by atoms with E-state index >= 15 is 0 Å². The zero-order valence-corrected chi connectivity index (χ0v) is 14.3. The molecule has 0 fully saturated rings. The van der Waals surface area contributed by atoms with Crippen LogP contribution in [0.2, 0.25) is 0 Å². The highest BCUT2D eigenvalue weighted by Gasteiger charge is 2.03. The van der Waals surface area contributed by atoms with Crippen LogP contribution in [0.4, 0.5) is 5.69 Å². The number of carbonyl (C=O) groups excluding carboxylic acids is 1. The van der Waals surface area contributed by atoms with E-state index in [1.165, 1.54) is 5.56 Å². The molecule has 0 unspecified atom stereocenters. The number of rotatable bonds is 4. The summed E-state index contributed by atoms with van der Waals surface area (Å²) in [6.07, 6.45) is 3.50. The third-order valence-corrected chi connectivity index (χ3v) is 4.12. The maximum atomic E-state index is 12.4. The highest BCUT2D eigenvalue weighted by molar-refractivity contribution is 6.08. The number of anilines is 1. The van der Waals surface area contributed by atoms with E-state index < -0.39 is 0 Å². The molecule has 0 aromatic heterocycles. The highest BCUT2D eigenvalue weighted by Crippen LogP contribution is 2.19. The summed E-state index contributed by atoms with van der Waals surface area (Å²) >= 11 is 0. The van der Waals surface area contributed by atoms with Gasteiger partial charge in [-0.15, -0.1) is 0 Å². The molecule has 0 aliphatic heterocycles. The standard InChI is InChI=1S/C22H21NO/c1-16-4-8-19-15-20(10-9-18(19)14-16)22(24)13-7-17-5-11-21(12-6-17)23(2)3/h4-15H,1-3H3/b13-7+. The highest BCUT2D eigenvalue weighted by atomic mass is 16.1. The first-order valence-electron chi connectivity index (χ1n) is 8.03. The Hall–Kier alpha value is -2.87. The minimum absolute atomic E-state index is 0.0224. The monoisotopic (exact) mass is 315 g/mol. The van der Waals surface area contributed by atoms with Gasteiger partial charge in [0, 0.05) is 25.3 Å². The molecule has 0 aliphatic carbocycles. The second-order valence-electron chi connectivity index (χ2n) is 6.25. The number of allylic oxidation sites excluding steroid dienone is 1. The second kappa shape index (κ2) is 6.71. The first kappa shape index (κ1) is 16.0. The molecule has 0 saturated heterocycles. The molecule has 0 radical (unpaired) electrons. The Morgan fingerprint density at radius 1 is 0.875 bits per heavy atom. The largest absolute Gasteiger partial charge is 0.378 e. The third kappa shape index (κ3) is 3.54. The van der Waals surface area contributed by atoms with Gasteiger partial charge in [0.2, 0.25) is 0 Å². The SMILES string of the molecule is Cc1ccc2cc(C(=O)/C=C/c3ccc(N(C)C)cc3)ccc2c1. The molecule has 3 aromatic rings. The lowest BCUT2D eigenvalue weighted by molar-refractivity contribution is 0.104. The van der Waals surface area contributed by atoms with Crippen molar-refractivity contribution in [1.82, 2.24) is 0 Å². The van der Waals surface area contributed by atoms with Gasteiger partial charge in [-0.3, -0.25) is 4.79 Å². The van der Waals surface area contributed by atoms with E-state index in [1.807, 2.05) is 62.6 Å². The molecule has 0 atom stereocenters. The number of benzene rings is 3. The molecule has 0 bridgehead atoms. The Bertz CT molecular complexity index is 905. The fourth-order valence-corrected chi connectivity index (χ4v) is 2.67. The van der Waals surface area contributed by atoms with E-state index in [-0.39, 0.29) is 5.78 Å². The first-order chi connectivity index (χ1) is 11.5. The van der Waals surface area contributed by atoms with Crippen LogP contribution in [0.3, 0.4) is 0 Å². The van der Waals surface area contributed by atoms with Gasteiger partial charge in [0.15, 0.2) is 5.78 Å². The summed E-state index contributed by atoms with van der Waals surface area (Å²) in [5, 5.41) is 2.25. The lowest BCUT2D eigenvalue weighted by Gasteiger charge is -2.11. The summed E-state index contributed by atoms with van der Waals surface area (Å²) in [6.45, 7) is 2.07. The second-order valence-corrected chi connectivity index (χ2v) is 6.25. The summed E-state index contributed by atoms with van der Waals surface area (Å²) in [5.41, 5.74) is 4.10. The van der Waals surface area contributed by atoms with Gasteiger partial charge >= 0.3 is 0 Å². The molecule has 120 valence electrons. The minimum Gasteiger partial charge on any atom is -0.378 e. The first-order valence-corrected chi connectivity index (χ1v) is 8.03. The summed E-state index contributed by atoms with van der Waals surface area (Å²) in [4.78, 5) is 14.5. The molecule has 24 heavy (non-hydrogen) atoms. The number of nitrogens with zero attached hydrogens (tertiary/aromatic N) is 1. The molecule has 3 aromatic carbocycles. The van der Waals surface area contributed by atoms with Gasteiger partial charge in [-0.1, -0.05) is 54.1 Å². The van der Waals surface area contributed by atoms with E-state index in [9.17, 15) is 4.79 Å². The predicted molar refractivity (Wildman–Crippen MR) is 103 cm³/mol. The lowest BCUT2D eigenvalue weighted by atomic mass is 10.0. The molecule has 2 nitrogen and oxygen atoms in total. The van der Waals surface area contributed by atoms with Gasteiger partial charge in [-0.2, -0.15) is 0 Å². The number of hydrogen-bond donors (Lipinski definition) is 0. The average molecular weight is 315 g/mol. The van der Waals surface area contributed by atoms with Crippen molar-refractivity contribution in [2.75, 3.05) is 19.0 Å². The Morgan fingerprint density at radius 3 is 2.25 bits per heavy atom. The number of ketones is 1. The van der Waals surface area contributed by atoms with Crippen molar-refractivity contribution in [3.8, 4) is 0 Å². The molecule has 0 amide bonds. The zero-order valence-electron chi connectivity index (χ0n) is 14.3. The van der Waals surface area contributed by atoms with Gasteiger partial charge in [0.25, 0.3) is 0 Å². The molecule has 3 rings (SSSR count). The number of fused-ring (bicyclic) bond motifs is 1. The maximum Gasteiger partial charge on any atom is 0.185 e. The molecule has 0 saturated carbocycles. The van der Waals surface area contributed by atoms with Crippen molar-refractivity contribution in [3.63, 3.8) is 0 Å². The molecular weight excluding hydrogens is 294 g/mol. The molecule has 0 spiro atoms. The number of aryl methyl sites for hydroxylation is 1. The zero-order chi connectivity index (χ0) is 17.1. The van der Waals surface area contributed by atoms with Crippen LogP contribution in [-0.4, -0.2) is 19.9 Å². The van der Waals surface area contributed by atoms with E-state index in [0.717, 1.165) is 22.0 Å². The van der Waals surface area contributed by atoms with Gasteiger partial charge < -0.3 is 4.90 Å². The molecular formula is C22H21NO. The summed E-state index contributed by atoms with van der Waals surface area (Å²) < 4.78 is 0. The van der Waals surface area contributed by atoms with Crippen molar-refractivity contribution in [1.29, 1.82) is 0 Å². The van der Waals surface area contributed by atoms with Gasteiger partial charge in [-0.25, -0.2) is 0 Å². The Balaban J connectivity index is 1.80. The van der Waals surface area contributed by atoms with Crippen molar-refractivity contribution in [3.05, 3.63) is 83.4 Å². The van der Waals surface area contributed by atoms with Gasteiger partial charge in [0.1, 0.15) is 0 Å². The van der Waals surface area contributed by atoms with Crippen LogP contribution in [0.1, 0.15) is 21.5 Å². The third-order valence-electron chi connectivity index (χ3n) is 4.12. The summed E-state index contributed by atoms with van der Waals surface area (Å²) in [5.74, 6) is 0.0224. The predicted octanol–water partition coefficient (Wildman–Crippen LogP) is 5.11. The normalized spacial score (nSPS) is 11.1. The Morgan fingerprint density at radius 2 is 1.54 bits per heavy atom. The summed E-state index contributed by atoms with van der Waals surface area (Å²) in [6, 6.07) is 20.2. The number of carbonyl (C=O) groups is 1. The fourth-order valence-electron chi connectivity index (χ4n) is 2.67. The molecule has 0 aliphatic rings. The van der Waals surface area contributed by atoms with Gasteiger partial charge in [-0.05, 0) is 47.5 Å². The topological polar surface area (TPSA) is 20.3 Å². The molecule has 2 heteroatoms. The quantitative estimate of drug-likeness (QED) is 0.492. The van der Waals surface area contributed by atoms with Crippen LogP contribution >= 0.6 is 0 Å². The lowest BCUT2D eigenvalue weighted by Crippen LogP contribution is -2.07. The number of hydrogen-bond acceptors (Lipinski definition) is 2. The Kier molecular flexibility index (Phi) is 4.48. The van der Waals surface area contributed by atoms with E-state index in [0.29, 0.717) is 5.56 Å². The van der Waals surface area contributed by atoms with Gasteiger partial charge in [0.05, 0.1) is 0 Å². The van der Waals surface area contributed by atoms with Crippen LogP contribution in [0.5, 0.6) is 0 Å². The molecule has 0 N–H and O–H groups in total.